The van der Waals surface area contributed by atoms with Crippen LogP contribution in [-0.4, -0.2) is 26.0 Å². The van der Waals surface area contributed by atoms with E-state index in [9.17, 15) is 4.39 Å². The Kier molecular flexibility index (Phi) is 3.94. The monoisotopic (exact) mass is 331 g/mol. The number of halogens is 2. The van der Waals surface area contributed by atoms with Crippen molar-refractivity contribution in [1.29, 1.82) is 0 Å². The number of nitrogens with one attached hydrogen (secondary N) is 1. The van der Waals surface area contributed by atoms with Crippen molar-refractivity contribution in [1.82, 2.24) is 15.0 Å². The summed E-state index contributed by atoms with van der Waals surface area (Å²) in [6.45, 7) is 0. The number of H-pyrrole nitrogens is 1. The Hall–Kier alpha value is -2.93. The molecule has 0 amide bonds. The van der Waals surface area contributed by atoms with E-state index in [1.165, 1.54) is 18.3 Å². The van der Waals surface area contributed by atoms with Crippen LogP contribution in [0.5, 0.6) is 0 Å². The van der Waals surface area contributed by atoms with Gasteiger partial charge in [-0.3, -0.25) is 4.98 Å². The van der Waals surface area contributed by atoms with Gasteiger partial charge in [-0.15, -0.1) is 0 Å². The molecule has 0 fully saturated rings. The van der Waals surface area contributed by atoms with Crippen molar-refractivity contribution in [2.75, 3.05) is 0 Å². The fourth-order valence-corrected chi connectivity index (χ4v) is 2.33. The fourth-order valence-electron chi connectivity index (χ4n) is 2.07. The summed E-state index contributed by atoms with van der Waals surface area (Å²) in [5.74, 6) is -0.220. The molecule has 2 heterocycles. The summed E-state index contributed by atoms with van der Waals surface area (Å²) in [6.07, 6.45) is 3.09. The number of aromatic amines is 1. The van der Waals surface area contributed by atoms with Crippen LogP contribution in [-0.2, 0) is 0 Å². The molecule has 0 aliphatic carbocycles. The van der Waals surface area contributed by atoms with Gasteiger partial charge in [0.2, 0.25) is 0 Å². The molecule has 1 aromatic carbocycles. The Morgan fingerprint density at radius 2 is 2.04 bits per heavy atom. The molecule has 8 heteroatoms. The Morgan fingerprint density at radius 1 is 1.22 bits per heavy atom. The minimum absolute atomic E-state index is 0.0833. The highest BCUT2D eigenvalue weighted by atomic mass is 35.5. The van der Waals surface area contributed by atoms with E-state index in [2.05, 4.69) is 20.1 Å². The highest BCUT2D eigenvalue weighted by molar-refractivity contribution is 6.33. The number of nitrogens with two attached hydrogens (primary N) is 1. The van der Waals surface area contributed by atoms with Crippen LogP contribution in [0.25, 0.3) is 22.6 Å². The molecule has 3 aromatic rings. The van der Waals surface area contributed by atoms with Gasteiger partial charge in [0.15, 0.2) is 5.84 Å². The normalized spacial score (nSPS) is 11.7. The lowest BCUT2D eigenvalue weighted by atomic mass is 10.2. The minimum Gasteiger partial charge on any atom is -0.409 e. The summed E-state index contributed by atoms with van der Waals surface area (Å²) in [5, 5.41) is 11.8. The molecule has 2 aromatic heterocycles. The summed E-state index contributed by atoms with van der Waals surface area (Å²) >= 11 is 6.03. The maximum atomic E-state index is 13.9. The van der Waals surface area contributed by atoms with Crippen LogP contribution >= 0.6 is 11.6 Å². The number of imidazole rings is 1. The molecule has 0 bridgehead atoms. The number of amidine groups is 1. The van der Waals surface area contributed by atoms with Crippen LogP contribution in [0.15, 0.2) is 47.9 Å². The Labute approximate surface area is 135 Å². The van der Waals surface area contributed by atoms with Crippen molar-refractivity contribution in [2.45, 2.75) is 0 Å². The standard InChI is InChI=1S/C15H11ClFN5O/c16-9-2-1-3-10(17)13(9)15-20-7-12(21-15)8-4-5-11(19-6-8)14(18)22-23/h1-7,23H,(H2,18,22)(H,20,21). The number of rotatable bonds is 3. The second-order valence-electron chi connectivity index (χ2n) is 4.66. The Balaban J connectivity index is 1.96. The molecule has 0 saturated carbocycles. The topological polar surface area (TPSA) is 100 Å². The summed E-state index contributed by atoms with van der Waals surface area (Å²) in [4.78, 5) is 11.2. The second-order valence-corrected chi connectivity index (χ2v) is 5.07. The number of hydrogen-bond acceptors (Lipinski definition) is 4. The first-order chi connectivity index (χ1) is 11.1. The van der Waals surface area contributed by atoms with Crippen LogP contribution in [0.2, 0.25) is 5.02 Å². The van der Waals surface area contributed by atoms with Crippen molar-refractivity contribution in [2.24, 2.45) is 10.9 Å². The zero-order valence-corrected chi connectivity index (χ0v) is 12.4. The maximum absolute atomic E-state index is 13.9. The fraction of sp³-hybridized carbons (Fsp3) is 0. The number of hydrogen-bond donors (Lipinski definition) is 3. The number of benzene rings is 1. The predicted octanol–water partition coefficient (Wildman–Crippen LogP) is 3.03. The lowest BCUT2D eigenvalue weighted by Gasteiger charge is -2.02. The first-order valence-electron chi connectivity index (χ1n) is 6.54. The van der Waals surface area contributed by atoms with Crippen molar-refractivity contribution in [3.8, 4) is 22.6 Å². The van der Waals surface area contributed by atoms with Crippen molar-refractivity contribution in [3.63, 3.8) is 0 Å². The van der Waals surface area contributed by atoms with E-state index in [4.69, 9.17) is 22.5 Å². The molecule has 0 saturated heterocycles. The molecular weight excluding hydrogens is 321 g/mol. The molecule has 3 rings (SSSR count). The molecule has 0 radical (unpaired) electrons. The second kappa shape index (κ2) is 6.05. The molecule has 0 aliphatic rings. The molecule has 0 spiro atoms. The smallest absolute Gasteiger partial charge is 0.188 e. The van der Waals surface area contributed by atoms with E-state index in [0.717, 1.165) is 0 Å². The van der Waals surface area contributed by atoms with E-state index >= 15 is 0 Å². The number of aromatic nitrogens is 3. The van der Waals surface area contributed by atoms with Gasteiger partial charge in [-0.05, 0) is 24.3 Å². The SMILES string of the molecule is N/C(=N\O)c1ccc(-c2cnc(-c3c(F)cccc3Cl)[nH]2)cn1. The van der Waals surface area contributed by atoms with E-state index in [1.807, 2.05) is 0 Å². The quantitative estimate of drug-likeness (QED) is 0.297. The van der Waals surface area contributed by atoms with Crippen LogP contribution in [0, 0.1) is 5.82 Å². The average Bonchev–Trinajstić information content (AvgIpc) is 3.04. The van der Waals surface area contributed by atoms with E-state index < -0.39 is 5.82 Å². The van der Waals surface area contributed by atoms with Crippen molar-refractivity contribution in [3.05, 3.63) is 59.3 Å². The number of pyridine rings is 1. The third kappa shape index (κ3) is 2.86. The van der Waals surface area contributed by atoms with Gasteiger partial charge >= 0.3 is 0 Å². The molecule has 0 atom stereocenters. The zero-order valence-electron chi connectivity index (χ0n) is 11.7. The molecule has 116 valence electrons. The molecule has 4 N–H and O–H groups in total. The van der Waals surface area contributed by atoms with Gasteiger partial charge in [0.1, 0.15) is 17.3 Å². The lowest BCUT2D eigenvalue weighted by Crippen LogP contribution is -2.14. The summed E-state index contributed by atoms with van der Waals surface area (Å²) in [5.41, 5.74) is 7.36. The first kappa shape index (κ1) is 15.0. The minimum atomic E-state index is -0.459. The highest BCUT2D eigenvalue weighted by Gasteiger charge is 2.14. The van der Waals surface area contributed by atoms with E-state index in [0.29, 0.717) is 22.8 Å². The van der Waals surface area contributed by atoms with Crippen molar-refractivity contribution >= 4 is 17.4 Å². The number of nitrogens with zero attached hydrogens (tertiary/aromatic N) is 3. The maximum Gasteiger partial charge on any atom is 0.188 e. The third-order valence-corrected chi connectivity index (χ3v) is 3.54. The summed E-state index contributed by atoms with van der Waals surface area (Å²) < 4.78 is 13.9. The largest absolute Gasteiger partial charge is 0.409 e. The van der Waals surface area contributed by atoms with Gasteiger partial charge in [-0.25, -0.2) is 9.37 Å². The zero-order chi connectivity index (χ0) is 16.4. The predicted molar refractivity (Wildman–Crippen MR) is 84.7 cm³/mol. The van der Waals surface area contributed by atoms with Crippen molar-refractivity contribution < 1.29 is 9.60 Å². The van der Waals surface area contributed by atoms with Gasteiger partial charge in [0.25, 0.3) is 0 Å². The Morgan fingerprint density at radius 3 is 2.70 bits per heavy atom. The molecule has 0 unspecified atom stereocenters. The molecule has 6 nitrogen and oxygen atoms in total. The van der Waals surface area contributed by atoms with Gasteiger partial charge in [0, 0.05) is 11.8 Å². The van der Waals surface area contributed by atoms with E-state index in [-0.39, 0.29) is 16.4 Å². The Bertz CT molecular complexity index is 856. The van der Waals surface area contributed by atoms with Gasteiger partial charge in [-0.2, -0.15) is 0 Å². The highest BCUT2D eigenvalue weighted by Crippen LogP contribution is 2.29. The van der Waals surface area contributed by atoms with Crippen LogP contribution < -0.4 is 5.73 Å². The van der Waals surface area contributed by atoms with E-state index in [1.54, 1.807) is 24.4 Å². The van der Waals surface area contributed by atoms with Crippen LogP contribution in [0.4, 0.5) is 4.39 Å². The molecular formula is C15H11ClFN5O. The first-order valence-corrected chi connectivity index (χ1v) is 6.91. The van der Waals surface area contributed by atoms with Gasteiger partial charge in [-0.1, -0.05) is 22.8 Å². The van der Waals surface area contributed by atoms with Gasteiger partial charge in [0.05, 0.1) is 22.5 Å². The molecule has 0 aliphatic heterocycles. The summed E-state index contributed by atoms with van der Waals surface area (Å²) in [7, 11) is 0. The average molecular weight is 332 g/mol. The molecule has 23 heavy (non-hydrogen) atoms. The summed E-state index contributed by atoms with van der Waals surface area (Å²) in [6, 6.07) is 7.76. The third-order valence-electron chi connectivity index (χ3n) is 3.22. The number of oxime groups is 1. The lowest BCUT2D eigenvalue weighted by molar-refractivity contribution is 0.318. The van der Waals surface area contributed by atoms with Crippen LogP contribution in [0.1, 0.15) is 5.69 Å². The van der Waals surface area contributed by atoms with Crippen LogP contribution in [0.3, 0.4) is 0 Å². The van der Waals surface area contributed by atoms with Gasteiger partial charge < -0.3 is 15.9 Å².